The van der Waals surface area contributed by atoms with Gasteiger partial charge in [0.25, 0.3) is 0 Å². The minimum atomic E-state index is 0.681. The highest BCUT2D eigenvalue weighted by molar-refractivity contribution is 5.53. The van der Waals surface area contributed by atoms with Crippen LogP contribution in [0, 0.1) is 25.7 Å². The summed E-state index contributed by atoms with van der Waals surface area (Å²) in [5.74, 6) is 1.69. The van der Waals surface area contributed by atoms with E-state index in [0.717, 1.165) is 18.4 Å². The molecule has 0 aliphatic heterocycles. The molecule has 0 bridgehead atoms. The van der Waals surface area contributed by atoms with E-state index in [9.17, 15) is 0 Å². The molecule has 0 heterocycles. The summed E-state index contributed by atoms with van der Waals surface area (Å²) in [6.07, 6.45) is 5.43. The molecule has 0 saturated heterocycles. The van der Waals surface area contributed by atoms with Crippen LogP contribution in [0.3, 0.4) is 0 Å². The molecule has 118 valence electrons. The van der Waals surface area contributed by atoms with Gasteiger partial charge >= 0.3 is 0 Å². The van der Waals surface area contributed by atoms with Crippen molar-refractivity contribution in [2.45, 2.75) is 52.5 Å². The molecule has 2 rings (SSSR count). The van der Waals surface area contributed by atoms with E-state index < -0.39 is 0 Å². The lowest BCUT2D eigenvalue weighted by Crippen LogP contribution is -2.44. The van der Waals surface area contributed by atoms with Crippen LogP contribution < -0.4 is 10.2 Å². The van der Waals surface area contributed by atoms with Gasteiger partial charge in [0.05, 0.1) is 0 Å². The first-order valence-corrected chi connectivity index (χ1v) is 8.50. The quantitative estimate of drug-likeness (QED) is 0.875. The molecule has 2 heteroatoms. The lowest BCUT2D eigenvalue weighted by molar-refractivity contribution is 0.210. The van der Waals surface area contributed by atoms with E-state index in [1.165, 1.54) is 42.5 Å². The molecule has 1 aromatic rings. The maximum atomic E-state index is 3.55. The molecule has 3 unspecified atom stereocenters. The van der Waals surface area contributed by atoms with E-state index in [1.54, 1.807) is 0 Å². The number of benzene rings is 1. The largest absolute Gasteiger partial charge is 0.374 e. The number of nitrogens with zero attached hydrogens (tertiary/aromatic N) is 1. The summed E-state index contributed by atoms with van der Waals surface area (Å²) in [5, 5.41) is 3.55. The third-order valence-electron chi connectivity index (χ3n) is 5.31. The van der Waals surface area contributed by atoms with Gasteiger partial charge in [-0.2, -0.15) is 0 Å². The van der Waals surface area contributed by atoms with Crippen LogP contribution in [0.1, 0.15) is 43.7 Å². The van der Waals surface area contributed by atoms with Gasteiger partial charge in [0.1, 0.15) is 0 Å². The second-order valence-corrected chi connectivity index (χ2v) is 6.91. The van der Waals surface area contributed by atoms with Crippen molar-refractivity contribution in [3.8, 4) is 0 Å². The normalized spacial score (nSPS) is 25.9. The summed E-state index contributed by atoms with van der Waals surface area (Å²) in [4.78, 5) is 2.46. The SMILES string of the molecule is CCC1CCC(NC)C(CN(C)c2ccc(C)cc2C)C1. The Labute approximate surface area is 130 Å². The molecule has 0 radical (unpaired) electrons. The maximum absolute atomic E-state index is 3.55. The Hall–Kier alpha value is -1.02. The van der Waals surface area contributed by atoms with Crippen LogP contribution >= 0.6 is 0 Å². The smallest absolute Gasteiger partial charge is 0.0393 e. The Morgan fingerprint density at radius 3 is 2.62 bits per heavy atom. The van der Waals surface area contributed by atoms with Crippen molar-refractivity contribution >= 4 is 5.69 Å². The monoisotopic (exact) mass is 288 g/mol. The molecule has 1 aliphatic carbocycles. The molecule has 1 fully saturated rings. The molecule has 1 aliphatic rings. The maximum Gasteiger partial charge on any atom is 0.0393 e. The molecular formula is C19H32N2. The van der Waals surface area contributed by atoms with Crippen LogP contribution in [0.15, 0.2) is 18.2 Å². The molecule has 1 aromatic carbocycles. The van der Waals surface area contributed by atoms with Gasteiger partial charge in [-0.15, -0.1) is 0 Å². The minimum absolute atomic E-state index is 0.681. The van der Waals surface area contributed by atoms with Gasteiger partial charge < -0.3 is 10.2 Å². The lowest BCUT2D eigenvalue weighted by atomic mass is 9.76. The van der Waals surface area contributed by atoms with Gasteiger partial charge in [-0.1, -0.05) is 31.0 Å². The Bertz CT molecular complexity index is 455. The van der Waals surface area contributed by atoms with E-state index >= 15 is 0 Å². The first-order chi connectivity index (χ1) is 10.0. The molecule has 21 heavy (non-hydrogen) atoms. The molecule has 2 nitrogen and oxygen atoms in total. The summed E-state index contributed by atoms with van der Waals surface area (Å²) in [5.41, 5.74) is 4.12. The summed E-state index contributed by atoms with van der Waals surface area (Å²) in [6.45, 7) is 7.89. The van der Waals surface area contributed by atoms with Gasteiger partial charge in [-0.25, -0.2) is 0 Å². The molecule has 0 spiro atoms. The van der Waals surface area contributed by atoms with Gasteiger partial charge in [-0.3, -0.25) is 0 Å². The van der Waals surface area contributed by atoms with Crippen LogP contribution in [0.2, 0.25) is 0 Å². The first kappa shape index (κ1) is 16.4. The third-order valence-corrected chi connectivity index (χ3v) is 5.31. The Morgan fingerprint density at radius 2 is 2.00 bits per heavy atom. The molecule has 1 N–H and O–H groups in total. The predicted molar refractivity (Wildman–Crippen MR) is 93.2 cm³/mol. The second-order valence-electron chi connectivity index (χ2n) is 6.91. The number of aryl methyl sites for hydroxylation is 2. The standard InChI is InChI=1S/C19H32N2/c1-6-16-8-9-18(20-4)17(12-16)13-21(5)19-10-7-14(2)11-15(19)3/h7,10-11,16-18,20H,6,8-9,12-13H2,1-5H3. The Morgan fingerprint density at radius 1 is 1.24 bits per heavy atom. The molecule has 0 amide bonds. The number of hydrogen-bond acceptors (Lipinski definition) is 2. The summed E-state index contributed by atoms with van der Waals surface area (Å²) in [6, 6.07) is 7.47. The number of anilines is 1. The van der Waals surface area contributed by atoms with Gasteiger partial charge in [0, 0.05) is 25.3 Å². The number of nitrogens with one attached hydrogen (secondary N) is 1. The zero-order valence-electron chi connectivity index (χ0n) is 14.4. The number of rotatable bonds is 5. The fourth-order valence-corrected chi connectivity index (χ4v) is 4.00. The van der Waals surface area contributed by atoms with Crippen molar-refractivity contribution in [2.24, 2.45) is 11.8 Å². The average Bonchev–Trinajstić information content (AvgIpc) is 2.46. The molecule has 0 aromatic heterocycles. The van der Waals surface area contributed by atoms with Crippen LogP contribution in [-0.4, -0.2) is 26.7 Å². The minimum Gasteiger partial charge on any atom is -0.374 e. The van der Waals surface area contributed by atoms with Crippen molar-refractivity contribution < 1.29 is 0 Å². The second kappa shape index (κ2) is 7.31. The Balaban J connectivity index is 2.07. The fourth-order valence-electron chi connectivity index (χ4n) is 4.00. The molecule has 1 saturated carbocycles. The molecular weight excluding hydrogens is 256 g/mol. The highest BCUT2D eigenvalue weighted by Gasteiger charge is 2.29. The summed E-state index contributed by atoms with van der Waals surface area (Å²) >= 11 is 0. The molecule has 3 atom stereocenters. The van der Waals surface area contributed by atoms with E-state index in [4.69, 9.17) is 0 Å². The van der Waals surface area contributed by atoms with Gasteiger partial charge in [-0.05, 0) is 63.6 Å². The topological polar surface area (TPSA) is 15.3 Å². The van der Waals surface area contributed by atoms with Crippen molar-refractivity contribution in [1.82, 2.24) is 5.32 Å². The van der Waals surface area contributed by atoms with Crippen LogP contribution in [0.4, 0.5) is 5.69 Å². The van der Waals surface area contributed by atoms with E-state index in [0.29, 0.717) is 6.04 Å². The van der Waals surface area contributed by atoms with Crippen LogP contribution in [0.5, 0.6) is 0 Å². The van der Waals surface area contributed by atoms with Crippen molar-refractivity contribution in [1.29, 1.82) is 0 Å². The van der Waals surface area contributed by atoms with Crippen LogP contribution in [0.25, 0.3) is 0 Å². The summed E-state index contributed by atoms with van der Waals surface area (Å²) < 4.78 is 0. The van der Waals surface area contributed by atoms with E-state index in [2.05, 4.69) is 63.3 Å². The van der Waals surface area contributed by atoms with Crippen molar-refractivity contribution in [3.05, 3.63) is 29.3 Å². The van der Waals surface area contributed by atoms with E-state index in [1.807, 2.05) is 0 Å². The van der Waals surface area contributed by atoms with Crippen molar-refractivity contribution in [3.63, 3.8) is 0 Å². The first-order valence-electron chi connectivity index (χ1n) is 8.50. The zero-order valence-corrected chi connectivity index (χ0v) is 14.4. The third kappa shape index (κ3) is 4.00. The van der Waals surface area contributed by atoms with Gasteiger partial charge in [0.2, 0.25) is 0 Å². The Kier molecular flexibility index (Phi) is 5.69. The highest BCUT2D eigenvalue weighted by atomic mass is 15.1. The fraction of sp³-hybridized carbons (Fsp3) is 0.684. The highest BCUT2D eigenvalue weighted by Crippen LogP contribution is 2.33. The van der Waals surface area contributed by atoms with Crippen molar-refractivity contribution in [2.75, 3.05) is 25.5 Å². The predicted octanol–water partition coefficient (Wildman–Crippen LogP) is 4.15. The van der Waals surface area contributed by atoms with E-state index in [-0.39, 0.29) is 0 Å². The lowest BCUT2D eigenvalue weighted by Gasteiger charge is -2.38. The number of hydrogen-bond donors (Lipinski definition) is 1. The average molecular weight is 288 g/mol. The summed E-state index contributed by atoms with van der Waals surface area (Å²) in [7, 11) is 4.38. The zero-order chi connectivity index (χ0) is 15.4. The van der Waals surface area contributed by atoms with Crippen LogP contribution in [-0.2, 0) is 0 Å². The van der Waals surface area contributed by atoms with Gasteiger partial charge in [0.15, 0.2) is 0 Å².